The maximum atomic E-state index is 11.8. The molecule has 0 radical (unpaired) electrons. The minimum atomic E-state index is -1.31. The second-order valence-corrected chi connectivity index (χ2v) is 4.24. The third-order valence-corrected chi connectivity index (χ3v) is 2.71. The Hall–Kier alpha value is -1.43. The molecule has 0 heterocycles. The molecule has 1 atom stereocenters. The first-order valence-corrected chi connectivity index (χ1v) is 5.86. The van der Waals surface area contributed by atoms with Gasteiger partial charge in [0.05, 0.1) is 25.5 Å². The van der Waals surface area contributed by atoms with Crippen LogP contribution in [-0.4, -0.2) is 36.1 Å². The summed E-state index contributed by atoms with van der Waals surface area (Å²) < 4.78 is 0. The quantitative estimate of drug-likeness (QED) is 0.596. The fourth-order valence-corrected chi connectivity index (χ4v) is 1.62. The summed E-state index contributed by atoms with van der Waals surface area (Å²) in [6, 6.07) is 5.24. The van der Waals surface area contributed by atoms with Gasteiger partial charge < -0.3 is 20.3 Å². The molecule has 0 aliphatic rings. The first-order chi connectivity index (χ1) is 8.54. The molecule has 98 valence electrons. The monoisotopic (exact) mass is 271 g/mol. The molecule has 0 amide bonds. The van der Waals surface area contributed by atoms with Crippen molar-refractivity contribution < 1.29 is 25.1 Å². The van der Waals surface area contributed by atoms with Gasteiger partial charge in [-0.2, -0.15) is 0 Å². The van der Waals surface area contributed by atoms with Crippen LogP contribution in [0.4, 0.5) is 0 Å². The zero-order valence-electron chi connectivity index (χ0n) is 9.64. The molecule has 18 heavy (non-hydrogen) atoms. The number of hydrogen-bond donors (Lipinski definition) is 2. The minimum Gasteiger partial charge on any atom is -0.544 e. The Kier molecular flexibility index (Phi) is 5.77. The summed E-state index contributed by atoms with van der Waals surface area (Å²) in [6.45, 7) is 0.0610. The van der Waals surface area contributed by atoms with Crippen molar-refractivity contribution in [3.8, 4) is 0 Å². The van der Waals surface area contributed by atoms with Crippen molar-refractivity contribution in [2.45, 2.75) is 12.5 Å². The van der Waals surface area contributed by atoms with E-state index in [-0.39, 0.29) is 25.4 Å². The second kappa shape index (κ2) is 7.10. The number of aliphatic hydroxyl groups is 1. The van der Waals surface area contributed by atoms with Gasteiger partial charge >= 0.3 is 0 Å². The Morgan fingerprint density at radius 3 is 2.44 bits per heavy atom. The number of Topliss-reactive ketones (excluding diaryl/α,β-unsaturated/α-hetero) is 1. The number of quaternary nitrogens is 1. The van der Waals surface area contributed by atoms with Crippen LogP contribution in [0.15, 0.2) is 24.3 Å². The Balaban J connectivity index is 2.66. The van der Waals surface area contributed by atoms with E-state index in [1.54, 1.807) is 24.3 Å². The molecule has 0 saturated heterocycles. The van der Waals surface area contributed by atoms with Crippen molar-refractivity contribution in [1.29, 1.82) is 0 Å². The minimum absolute atomic E-state index is 0.154. The number of carboxylic acid groups (broad SMARTS) is 1. The van der Waals surface area contributed by atoms with Crippen LogP contribution in [0.2, 0.25) is 5.02 Å². The van der Waals surface area contributed by atoms with Crippen molar-refractivity contribution in [3.05, 3.63) is 34.9 Å². The van der Waals surface area contributed by atoms with Crippen LogP contribution in [0.1, 0.15) is 16.8 Å². The molecule has 1 aromatic rings. The normalized spacial score (nSPS) is 12.1. The molecule has 0 aliphatic heterocycles. The lowest BCUT2D eigenvalue weighted by Gasteiger charge is -2.15. The van der Waals surface area contributed by atoms with Crippen molar-refractivity contribution >= 4 is 23.4 Å². The van der Waals surface area contributed by atoms with Crippen molar-refractivity contribution in [2.75, 3.05) is 13.2 Å². The number of rotatable bonds is 7. The van der Waals surface area contributed by atoms with Crippen molar-refractivity contribution in [3.63, 3.8) is 0 Å². The number of nitrogens with two attached hydrogens (primary N) is 1. The zero-order valence-corrected chi connectivity index (χ0v) is 10.4. The SMILES string of the molecule is O=C(C[C@@H]([NH2+]CCO)C(=O)[O-])c1ccc(Cl)cc1. The first kappa shape index (κ1) is 14.6. The molecule has 0 bridgehead atoms. The topological polar surface area (TPSA) is 94.0 Å². The van der Waals surface area contributed by atoms with Crippen LogP contribution in [0, 0.1) is 0 Å². The Morgan fingerprint density at radius 1 is 1.33 bits per heavy atom. The smallest absolute Gasteiger partial charge is 0.169 e. The fraction of sp³-hybridized carbons (Fsp3) is 0.333. The zero-order chi connectivity index (χ0) is 13.5. The van der Waals surface area contributed by atoms with Crippen molar-refractivity contribution in [1.82, 2.24) is 0 Å². The molecular weight excluding hydrogens is 258 g/mol. The van der Waals surface area contributed by atoms with Gasteiger partial charge in [0.15, 0.2) is 5.78 Å². The van der Waals surface area contributed by atoms with Crippen LogP contribution in [-0.2, 0) is 4.79 Å². The predicted molar refractivity (Wildman–Crippen MR) is 63.1 cm³/mol. The predicted octanol–water partition coefficient (Wildman–Crippen LogP) is -1.41. The Bertz CT molecular complexity index is 419. The largest absolute Gasteiger partial charge is 0.544 e. The van der Waals surface area contributed by atoms with E-state index in [0.29, 0.717) is 10.6 Å². The van der Waals surface area contributed by atoms with Gasteiger partial charge in [-0.05, 0) is 24.3 Å². The third kappa shape index (κ3) is 4.44. The van der Waals surface area contributed by atoms with Gasteiger partial charge in [-0.3, -0.25) is 4.79 Å². The number of aliphatic hydroxyl groups excluding tert-OH is 1. The molecule has 6 heteroatoms. The van der Waals surface area contributed by atoms with E-state index in [4.69, 9.17) is 16.7 Å². The fourth-order valence-electron chi connectivity index (χ4n) is 1.49. The molecule has 0 unspecified atom stereocenters. The van der Waals surface area contributed by atoms with E-state index in [2.05, 4.69) is 0 Å². The standard InChI is InChI=1S/C12H14ClNO4/c13-9-3-1-8(2-4-9)11(16)7-10(12(17)18)14-5-6-15/h1-4,10,14-15H,5-7H2,(H,17,18)/t10-/m1/s1. The Labute approximate surface area is 109 Å². The lowest BCUT2D eigenvalue weighted by molar-refractivity contribution is -0.683. The van der Waals surface area contributed by atoms with Gasteiger partial charge in [0.25, 0.3) is 0 Å². The number of aliphatic carboxylic acids is 1. The maximum Gasteiger partial charge on any atom is 0.169 e. The number of ketones is 1. The van der Waals surface area contributed by atoms with E-state index >= 15 is 0 Å². The summed E-state index contributed by atoms with van der Waals surface area (Å²) in [6.07, 6.45) is -0.177. The molecule has 3 N–H and O–H groups in total. The molecule has 1 aromatic carbocycles. The highest BCUT2D eigenvalue weighted by Gasteiger charge is 2.18. The highest BCUT2D eigenvalue weighted by Crippen LogP contribution is 2.11. The average molecular weight is 272 g/mol. The van der Waals surface area contributed by atoms with E-state index in [0.717, 1.165) is 0 Å². The summed E-state index contributed by atoms with van der Waals surface area (Å²) in [4.78, 5) is 22.6. The highest BCUT2D eigenvalue weighted by molar-refractivity contribution is 6.30. The van der Waals surface area contributed by atoms with Gasteiger partial charge in [0.2, 0.25) is 0 Å². The van der Waals surface area contributed by atoms with Crippen LogP contribution in [0.25, 0.3) is 0 Å². The number of hydrogen-bond acceptors (Lipinski definition) is 4. The lowest BCUT2D eigenvalue weighted by atomic mass is 10.0. The number of carbonyl (C=O) groups is 2. The molecule has 1 rings (SSSR count). The van der Waals surface area contributed by atoms with Gasteiger partial charge in [-0.15, -0.1) is 0 Å². The second-order valence-electron chi connectivity index (χ2n) is 3.81. The van der Waals surface area contributed by atoms with Crippen LogP contribution < -0.4 is 10.4 Å². The van der Waals surface area contributed by atoms with E-state index in [9.17, 15) is 14.7 Å². The summed E-state index contributed by atoms with van der Waals surface area (Å²) in [5, 5.41) is 21.4. The average Bonchev–Trinajstić information content (AvgIpc) is 2.34. The summed E-state index contributed by atoms with van der Waals surface area (Å²) >= 11 is 5.69. The lowest BCUT2D eigenvalue weighted by Crippen LogP contribution is -2.94. The summed E-state index contributed by atoms with van der Waals surface area (Å²) in [5.74, 6) is -1.61. The van der Waals surface area contributed by atoms with E-state index in [1.807, 2.05) is 0 Å². The van der Waals surface area contributed by atoms with Gasteiger partial charge in [-0.1, -0.05) is 11.6 Å². The molecule has 0 aromatic heterocycles. The van der Waals surface area contributed by atoms with Gasteiger partial charge in [-0.25, -0.2) is 0 Å². The van der Waals surface area contributed by atoms with Crippen LogP contribution in [0.3, 0.4) is 0 Å². The summed E-state index contributed by atoms with van der Waals surface area (Å²) in [7, 11) is 0. The number of carbonyl (C=O) groups excluding carboxylic acids is 2. The molecule has 0 aliphatic carbocycles. The maximum absolute atomic E-state index is 11.8. The molecule has 5 nitrogen and oxygen atoms in total. The number of halogens is 1. The molecular formula is C12H14ClNO4. The van der Waals surface area contributed by atoms with Gasteiger partial charge in [0, 0.05) is 10.6 Å². The molecule has 0 fully saturated rings. The van der Waals surface area contributed by atoms with Crippen molar-refractivity contribution in [2.24, 2.45) is 0 Å². The van der Waals surface area contributed by atoms with Crippen LogP contribution >= 0.6 is 11.6 Å². The third-order valence-electron chi connectivity index (χ3n) is 2.45. The molecule has 0 spiro atoms. The molecule has 0 saturated carbocycles. The number of carboxylic acids is 1. The van der Waals surface area contributed by atoms with E-state index < -0.39 is 12.0 Å². The number of benzene rings is 1. The highest BCUT2D eigenvalue weighted by atomic mass is 35.5. The summed E-state index contributed by atoms with van der Waals surface area (Å²) in [5.41, 5.74) is 0.406. The first-order valence-electron chi connectivity index (χ1n) is 5.48. The Morgan fingerprint density at radius 2 is 1.94 bits per heavy atom. The van der Waals surface area contributed by atoms with E-state index in [1.165, 1.54) is 5.32 Å². The van der Waals surface area contributed by atoms with Gasteiger partial charge in [0.1, 0.15) is 6.04 Å². The van der Waals surface area contributed by atoms with Crippen LogP contribution in [0.5, 0.6) is 0 Å².